The van der Waals surface area contributed by atoms with Crippen molar-refractivity contribution in [3.05, 3.63) is 0 Å². The van der Waals surface area contributed by atoms with Gasteiger partial charge in [-0.1, -0.05) is 0 Å². The van der Waals surface area contributed by atoms with Crippen LogP contribution in [0.25, 0.3) is 0 Å². The molecule has 80 valence electrons. The van der Waals surface area contributed by atoms with Gasteiger partial charge in [0.05, 0.1) is 6.61 Å². The van der Waals surface area contributed by atoms with Gasteiger partial charge in [0.2, 0.25) is 0 Å². The van der Waals surface area contributed by atoms with Gasteiger partial charge in [0, 0.05) is 39.8 Å². The zero-order valence-corrected chi connectivity index (χ0v) is 9.21. The van der Waals surface area contributed by atoms with Crippen molar-refractivity contribution >= 4 is 0 Å². The molecule has 1 aliphatic rings. The number of piperazine rings is 1. The second-order valence-corrected chi connectivity index (χ2v) is 4.27. The Morgan fingerprint density at radius 3 is 2.77 bits per heavy atom. The summed E-state index contributed by atoms with van der Waals surface area (Å²) in [5, 5.41) is 3.54. The second kappa shape index (κ2) is 4.94. The zero-order valence-electron chi connectivity index (χ0n) is 9.21. The highest BCUT2D eigenvalue weighted by molar-refractivity contribution is 4.84. The fourth-order valence-corrected chi connectivity index (χ4v) is 1.94. The molecule has 1 aliphatic heterocycles. The van der Waals surface area contributed by atoms with Gasteiger partial charge in [-0.2, -0.15) is 0 Å². The van der Waals surface area contributed by atoms with Crippen molar-refractivity contribution in [1.82, 2.24) is 10.2 Å². The summed E-state index contributed by atoms with van der Waals surface area (Å²) in [4.78, 5) is 2.50. The topological polar surface area (TPSA) is 24.5 Å². The smallest absolute Gasteiger partial charge is 0.0628 e. The quantitative estimate of drug-likeness (QED) is 0.713. The lowest BCUT2D eigenvalue weighted by Crippen LogP contribution is -2.58. The second-order valence-electron chi connectivity index (χ2n) is 4.27. The highest BCUT2D eigenvalue weighted by Crippen LogP contribution is 2.08. The summed E-state index contributed by atoms with van der Waals surface area (Å²) in [5.74, 6) is 0. The first-order valence-electron chi connectivity index (χ1n) is 5.12. The molecule has 0 saturated carbocycles. The molecule has 0 aliphatic carbocycles. The molecule has 0 spiro atoms. The van der Waals surface area contributed by atoms with E-state index in [1.54, 1.807) is 7.11 Å². The third kappa shape index (κ3) is 3.25. The van der Waals surface area contributed by atoms with Gasteiger partial charge in [0.1, 0.15) is 0 Å². The maximum atomic E-state index is 5.17. The van der Waals surface area contributed by atoms with Crippen LogP contribution in [0.15, 0.2) is 0 Å². The Balaban J connectivity index is 0.00000169. The lowest BCUT2D eigenvalue weighted by atomic mass is 10.1. The average molecular weight is 188 g/mol. The zero-order chi connectivity index (χ0) is 9.84. The number of rotatable bonds is 3. The third-order valence-corrected chi connectivity index (χ3v) is 2.58. The first-order chi connectivity index (χ1) is 6.13. The minimum absolute atomic E-state index is 0. The highest BCUT2D eigenvalue weighted by atomic mass is 16.5. The SMILES string of the molecule is COC[C@H]1CN(C(C)C)C[C@H](C)N1.[HH]. The minimum atomic E-state index is 0. The predicted octanol–water partition coefficient (Wildman–Crippen LogP) is 0.949. The maximum Gasteiger partial charge on any atom is 0.0628 e. The van der Waals surface area contributed by atoms with Crippen molar-refractivity contribution in [2.45, 2.75) is 38.9 Å². The van der Waals surface area contributed by atoms with Crippen LogP contribution >= 0.6 is 0 Å². The standard InChI is InChI=1S/C10H22N2O.H2/c1-8(2)12-5-9(3)11-10(6-12)7-13-4;/h8-11H,5-7H2,1-4H3;1H/t9-,10+;/m0./s1. The van der Waals surface area contributed by atoms with Crippen LogP contribution in [0.2, 0.25) is 0 Å². The number of hydrogen-bond donors (Lipinski definition) is 1. The van der Waals surface area contributed by atoms with Crippen molar-refractivity contribution in [1.29, 1.82) is 0 Å². The molecule has 1 fully saturated rings. The largest absolute Gasteiger partial charge is 0.383 e. The minimum Gasteiger partial charge on any atom is -0.383 e. The number of nitrogens with zero attached hydrogens (tertiary/aromatic N) is 1. The van der Waals surface area contributed by atoms with E-state index in [9.17, 15) is 0 Å². The Bertz CT molecular complexity index is 155. The molecule has 3 heteroatoms. The summed E-state index contributed by atoms with van der Waals surface area (Å²) in [6, 6.07) is 1.72. The molecule has 0 radical (unpaired) electrons. The fraction of sp³-hybridized carbons (Fsp3) is 1.00. The van der Waals surface area contributed by atoms with Crippen molar-refractivity contribution in [3.8, 4) is 0 Å². The van der Waals surface area contributed by atoms with E-state index in [4.69, 9.17) is 4.74 Å². The van der Waals surface area contributed by atoms with E-state index in [2.05, 4.69) is 31.0 Å². The van der Waals surface area contributed by atoms with Gasteiger partial charge in [0.25, 0.3) is 0 Å². The van der Waals surface area contributed by atoms with E-state index in [1.165, 1.54) is 0 Å². The van der Waals surface area contributed by atoms with Gasteiger partial charge >= 0.3 is 0 Å². The Morgan fingerprint density at radius 2 is 2.23 bits per heavy atom. The van der Waals surface area contributed by atoms with E-state index < -0.39 is 0 Å². The molecular weight excluding hydrogens is 164 g/mol. The van der Waals surface area contributed by atoms with Crippen molar-refractivity contribution < 1.29 is 6.16 Å². The van der Waals surface area contributed by atoms with Crippen molar-refractivity contribution in [3.63, 3.8) is 0 Å². The molecule has 3 nitrogen and oxygen atoms in total. The average Bonchev–Trinajstić information content (AvgIpc) is 2.03. The van der Waals surface area contributed by atoms with E-state index >= 15 is 0 Å². The van der Waals surface area contributed by atoms with Crippen molar-refractivity contribution in [2.75, 3.05) is 26.8 Å². The van der Waals surface area contributed by atoms with Crippen LogP contribution in [0.1, 0.15) is 22.2 Å². The summed E-state index contributed by atoms with van der Waals surface area (Å²) in [5.41, 5.74) is 0. The van der Waals surface area contributed by atoms with Crippen LogP contribution in [0.4, 0.5) is 0 Å². The molecule has 0 aromatic heterocycles. The van der Waals surface area contributed by atoms with E-state index in [0.717, 1.165) is 19.7 Å². The number of hydrogen-bond acceptors (Lipinski definition) is 3. The molecule has 2 atom stereocenters. The van der Waals surface area contributed by atoms with Crippen molar-refractivity contribution in [2.24, 2.45) is 0 Å². The summed E-state index contributed by atoms with van der Waals surface area (Å²) in [7, 11) is 1.76. The third-order valence-electron chi connectivity index (χ3n) is 2.58. The van der Waals surface area contributed by atoms with E-state index in [0.29, 0.717) is 18.1 Å². The molecular formula is C10H24N2O. The number of ether oxygens (including phenoxy) is 1. The summed E-state index contributed by atoms with van der Waals surface area (Å²) in [6.07, 6.45) is 0. The Morgan fingerprint density at radius 1 is 1.54 bits per heavy atom. The van der Waals surface area contributed by atoms with Crippen LogP contribution in [0, 0.1) is 0 Å². The molecule has 1 saturated heterocycles. The number of methoxy groups -OCH3 is 1. The summed E-state index contributed by atoms with van der Waals surface area (Å²) < 4.78 is 5.17. The Labute approximate surface area is 82.9 Å². The van der Waals surface area contributed by atoms with E-state index in [1.807, 2.05) is 0 Å². The summed E-state index contributed by atoms with van der Waals surface area (Å²) >= 11 is 0. The monoisotopic (exact) mass is 188 g/mol. The lowest BCUT2D eigenvalue weighted by Gasteiger charge is -2.39. The molecule has 0 aromatic carbocycles. The summed E-state index contributed by atoms with van der Waals surface area (Å²) in [6.45, 7) is 9.81. The number of nitrogens with one attached hydrogen (secondary N) is 1. The maximum absolute atomic E-state index is 5.17. The highest BCUT2D eigenvalue weighted by Gasteiger charge is 2.24. The van der Waals surface area contributed by atoms with Crippen LogP contribution in [-0.2, 0) is 4.74 Å². The molecule has 0 unspecified atom stereocenters. The molecule has 1 rings (SSSR count). The molecule has 1 heterocycles. The van der Waals surface area contributed by atoms with Crippen LogP contribution < -0.4 is 5.32 Å². The van der Waals surface area contributed by atoms with Gasteiger partial charge in [0.15, 0.2) is 0 Å². The molecule has 0 bridgehead atoms. The molecule has 0 aromatic rings. The van der Waals surface area contributed by atoms with Gasteiger partial charge in [-0.15, -0.1) is 0 Å². The van der Waals surface area contributed by atoms with Gasteiger partial charge in [-0.25, -0.2) is 0 Å². The first kappa shape index (κ1) is 11.0. The lowest BCUT2D eigenvalue weighted by molar-refractivity contribution is 0.0827. The fourth-order valence-electron chi connectivity index (χ4n) is 1.94. The Kier molecular flexibility index (Phi) is 4.16. The normalized spacial score (nSPS) is 31.2. The predicted molar refractivity (Wildman–Crippen MR) is 57.1 cm³/mol. The molecule has 13 heavy (non-hydrogen) atoms. The van der Waals surface area contributed by atoms with Gasteiger partial charge in [-0.3, -0.25) is 4.90 Å². The van der Waals surface area contributed by atoms with Gasteiger partial charge < -0.3 is 10.1 Å². The first-order valence-corrected chi connectivity index (χ1v) is 5.12. The van der Waals surface area contributed by atoms with E-state index in [-0.39, 0.29) is 1.43 Å². The molecule has 0 amide bonds. The molecule has 1 N–H and O–H groups in total. The van der Waals surface area contributed by atoms with Crippen LogP contribution in [0.3, 0.4) is 0 Å². The van der Waals surface area contributed by atoms with Crippen LogP contribution in [-0.4, -0.2) is 49.8 Å². The van der Waals surface area contributed by atoms with Crippen LogP contribution in [0.5, 0.6) is 0 Å². The Hall–Kier alpha value is -0.120. The van der Waals surface area contributed by atoms with Gasteiger partial charge in [-0.05, 0) is 20.8 Å².